The summed E-state index contributed by atoms with van der Waals surface area (Å²) in [5.74, 6) is -0.421. The summed E-state index contributed by atoms with van der Waals surface area (Å²) in [6.07, 6.45) is 1.49. The van der Waals surface area contributed by atoms with Gasteiger partial charge in [0.05, 0.1) is 32.1 Å². The summed E-state index contributed by atoms with van der Waals surface area (Å²) >= 11 is 0. The van der Waals surface area contributed by atoms with Crippen molar-refractivity contribution in [2.45, 2.75) is 39.2 Å². The van der Waals surface area contributed by atoms with Crippen molar-refractivity contribution in [3.05, 3.63) is 35.5 Å². The molecule has 0 radical (unpaired) electrons. The lowest BCUT2D eigenvalue weighted by Gasteiger charge is -2.35. The van der Waals surface area contributed by atoms with Crippen LogP contribution >= 0.6 is 0 Å². The van der Waals surface area contributed by atoms with Gasteiger partial charge < -0.3 is 14.5 Å². The quantitative estimate of drug-likeness (QED) is 0.771. The number of aromatic nitrogens is 1. The molecule has 1 atom stereocenters. The van der Waals surface area contributed by atoms with E-state index in [1.165, 1.54) is 10.9 Å². The summed E-state index contributed by atoms with van der Waals surface area (Å²) in [5, 5.41) is 1.21. The maximum atomic E-state index is 12.2. The minimum absolute atomic E-state index is 0.111. The van der Waals surface area contributed by atoms with Crippen LogP contribution in [0.1, 0.15) is 44.0 Å². The number of carbonyl (C=O) groups is 2. The normalized spacial score (nSPS) is 17.1. The van der Waals surface area contributed by atoms with Crippen LogP contribution in [0.25, 0.3) is 10.9 Å². The largest absolute Gasteiger partial charge is 0.466 e. The molecule has 3 rings (SSSR count). The van der Waals surface area contributed by atoms with E-state index in [1.807, 2.05) is 19.1 Å². The third-order valence-corrected chi connectivity index (χ3v) is 4.84. The van der Waals surface area contributed by atoms with Crippen LogP contribution in [0.4, 0.5) is 0 Å². The van der Waals surface area contributed by atoms with E-state index >= 15 is 0 Å². The van der Waals surface area contributed by atoms with Gasteiger partial charge in [0.25, 0.3) is 0 Å². The van der Waals surface area contributed by atoms with Crippen molar-refractivity contribution in [1.82, 2.24) is 9.88 Å². The van der Waals surface area contributed by atoms with Crippen molar-refractivity contribution in [3.63, 3.8) is 0 Å². The molecule has 6 heteroatoms. The highest BCUT2D eigenvalue weighted by Gasteiger charge is 2.32. The molecule has 0 saturated heterocycles. The van der Waals surface area contributed by atoms with Gasteiger partial charge >= 0.3 is 11.9 Å². The SMILES string of the molecule is CCOC(=O)CCN1CCc2c([nH]c3ccccc23)[C@@H]1CC(=O)OCC. The smallest absolute Gasteiger partial charge is 0.307 e. The molecular formula is C20H26N2O4. The van der Waals surface area contributed by atoms with Crippen LogP contribution in [0, 0.1) is 0 Å². The average molecular weight is 358 g/mol. The summed E-state index contributed by atoms with van der Waals surface area (Å²) in [4.78, 5) is 29.6. The Balaban J connectivity index is 1.85. The molecule has 0 spiro atoms. The van der Waals surface area contributed by atoms with Crippen LogP contribution in [0.2, 0.25) is 0 Å². The monoisotopic (exact) mass is 358 g/mol. The zero-order valence-electron chi connectivity index (χ0n) is 15.4. The van der Waals surface area contributed by atoms with Crippen molar-refractivity contribution in [2.75, 3.05) is 26.3 Å². The first kappa shape index (κ1) is 18.5. The molecule has 26 heavy (non-hydrogen) atoms. The zero-order valence-corrected chi connectivity index (χ0v) is 15.4. The van der Waals surface area contributed by atoms with E-state index in [0.717, 1.165) is 24.2 Å². The van der Waals surface area contributed by atoms with Crippen molar-refractivity contribution in [1.29, 1.82) is 0 Å². The number of H-pyrrole nitrogens is 1. The second-order valence-corrected chi connectivity index (χ2v) is 6.43. The molecule has 1 aromatic heterocycles. The summed E-state index contributed by atoms with van der Waals surface area (Å²) in [6, 6.07) is 8.09. The number of para-hydroxylation sites is 1. The van der Waals surface area contributed by atoms with Crippen LogP contribution in [0.3, 0.4) is 0 Å². The number of fused-ring (bicyclic) bond motifs is 3. The second kappa shape index (κ2) is 8.36. The maximum Gasteiger partial charge on any atom is 0.307 e. The molecule has 6 nitrogen and oxygen atoms in total. The molecule has 0 bridgehead atoms. The van der Waals surface area contributed by atoms with Crippen molar-refractivity contribution < 1.29 is 19.1 Å². The Morgan fingerprint density at radius 2 is 1.88 bits per heavy atom. The Morgan fingerprint density at radius 3 is 2.65 bits per heavy atom. The molecule has 0 unspecified atom stereocenters. The zero-order chi connectivity index (χ0) is 18.5. The topological polar surface area (TPSA) is 71.6 Å². The van der Waals surface area contributed by atoms with Gasteiger partial charge in [-0.1, -0.05) is 18.2 Å². The lowest BCUT2D eigenvalue weighted by Crippen LogP contribution is -2.38. The van der Waals surface area contributed by atoms with E-state index in [9.17, 15) is 9.59 Å². The molecule has 0 fully saturated rings. The van der Waals surface area contributed by atoms with E-state index in [1.54, 1.807) is 6.92 Å². The predicted octanol–water partition coefficient (Wildman–Crippen LogP) is 2.97. The van der Waals surface area contributed by atoms with E-state index < -0.39 is 0 Å². The van der Waals surface area contributed by atoms with Crippen molar-refractivity contribution in [2.24, 2.45) is 0 Å². The number of nitrogens with one attached hydrogen (secondary N) is 1. The highest BCUT2D eigenvalue weighted by atomic mass is 16.5. The molecule has 0 aliphatic carbocycles. The van der Waals surface area contributed by atoms with Gasteiger partial charge in [-0.15, -0.1) is 0 Å². The van der Waals surface area contributed by atoms with Crippen LogP contribution in [-0.4, -0.2) is 48.1 Å². The van der Waals surface area contributed by atoms with Gasteiger partial charge in [-0.05, 0) is 31.9 Å². The number of carbonyl (C=O) groups excluding carboxylic acids is 2. The molecule has 2 heterocycles. The summed E-state index contributed by atoms with van der Waals surface area (Å²) in [7, 11) is 0. The molecule has 1 aliphatic heterocycles. The Bertz CT molecular complexity index is 783. The van der Waals surface area contributed by atoms with Gasteiger partial charge in [-0.3, -0.25) is 14.5 Å². The standard InChI is InChI=1S/C20H26N2O4/c1-3-25-18(23)10-12-22-11-9-15-14-7-5-6-8-16(14)21-20(15)17(22)13-19(24)26-4-2/h5-8,17,21H,3-4,9-13H2,1-2H3/t17-/m0/s1. The minimum Gasteiger partial charge on any atom is -0.466 e. The van der Waals surface area contributed by atoms with Gasteiger partial charge in [0, 0.05) is 29.7 Å². The van der Waals surface area contributed by atoms with Crippen molar-refractivity contribution >= 4 is 22.8 Å². The number of benzene rings is 1. The lowest BCUT2D eigenvalue weighted by atomic mass is 9.95. The summed E-state index contributed by atoms with van der Waals surface area (Å²) in [6.45, 7) is 5.74. The molecule has 1 aromatic carbocycles. The number of rotatable bonds is 7. The number of hydrogen-bond donors (Lipinski definition) is 1. The van der Waals surface area contributed by atoms with E-state index in [0.29, 0.717) is 26.2 Å². The number of esters is 2. The number of aromatic amines is 1. The predicted molar refractivity (Wildman–Crippen MR) is 98.8 cm³/mol. The number of hydrogen-bond acceptors (Lipinski definition) is 5. The Labute approximate surface area is 153 Å². The van der Waals surface area contributed by atoms with Crippen LogP contribution in [0.5, 0.6) is 0 Å². The highest BCUT2D eigenvalue weighted by molar-refractivity contribution is 5.85. The number of nitrogens with zero attached hydrogens (tertiary/aromatic N) is 1. The van der Waals surface area contributed by atoms with E-state index in [-0.39, 0.29) is 24.4 Å². The molecular weight excluding hydrogens is 332 g/mol. The van der Waals surface area contributed by atoms with Crippen LogP contribution in [-0.2, 0) is 25.5 Å². The van der Waals surface area contributed by atoms with E-state index in [2.05, 4.69) is 22.0 Å². The second-order valence-electron chi connectivity index (χ2n) is 6.43. The van der Waals surface area contributed by atoms with E-state index in [4.69, 9.17) is 9.47 Å². The molecule has 0 amide bonds. The van der Waals surface area contributed by atoms with Gasteiger partial charge in [0.15, 0.2) is 0 Å². The Morgan fingerprint density at radius 1 is 1.15 bits per heavy atom. The highest BCUT2D eigenvalue weighted by Crippen LogP contribution is 2.36. The maximum absolute atomic E-state index is 12.2. The third kappa shape index (κ3) is 3.90. The van der Waals surface area contributed by atoms with Gasteiger partial charge in [0.2, 0.25) is 0 Å². The van der Waals surface area contributed by atoms with Gasteiger partial charge in [-0.25, -0.2) is 0 Å². The lowest BCUT2D eigenvalue weighted by molar-refractivity contribution is -0.145. The number of ether oxygens (including phenoxy) is 2. The minimum atomic E-state index is -0.217. The molecule has 1 N–H and O–H groups in total. The van der Waals surface area contributed by atoms with Crippen molar-refractivity contribution in [3.8, 4) is 0 Å². The molecule has 140 valence electrons. The summed E-state index contributed by atoms with van der Waals surface area (Å²) < 4.78 is 10.2. The first-order valence-corrected chi connectivity index (χ1v) is 9.28. The van der Waals surface area contributed by atoms with Gasteiger partial charge in [-0.2, -0.15) is 0 Å². The van der Waals surface area contributed by atoms with Crippen LogP contribution in [0.15, 0.2) is 24.3 Å². The average Bonchev–Trinajstić information content (AvgIpc) is 3.00. The van der Waals surface area contributed by atoms with Crippen LogP contribution < -0.4 is 0 Å². The Kier molecular flexibility index (Phi) is 5.93. The molecule has 0 saturated carbocycles. The molecule has 2 aromatic rings. The Hall–Kier alpha value is -2.34. The fourth-order valence-corrected chi connectivity index (χ4v) is 3.71. The fourth-order valence-electron chi connectivity index (χ4n) is 3.71. The molecule has 1 aliphatic rings. The first-order valence-electron chi connectivity index (χ1n) is 9.28. The summed E-state index contributed by atoms with van der Waals surface area (Å²) in [5.41, 5.74) is 3.41. The first-order chi connectivity index (χ1) is 12.6. The fraction of sp³-hybridized carbons (Fsp3) is 0.500. The van der Waals surface area contributed by atoms with Gasteiger partial charge in [0.1, 0.15) is 0 Å². The third-order valence-electron chi connectivity index (χ3n) is 4.84.